The molecular formula is C13H20ClN3OS. The zero-order valence-electron chi connectivity index (χ0n) is 10.8. The van der Waals surface area contributed by atoms with E-state index < -0.39 is 0 Å². The fourth-order valence-corrected chi connectivity index (χ4v) is 4.34. The standard InChI is InChI=1S/C13H19N3OS.ClH/c17-10-16-8-2-5-13(9-16)11(4-7-14-13)12-3-1-6-15-18-12;/h1,3,6,10-11,14-15H,2,4-5,7-9H2;1H. The molecule has 0 radical (unpaired) electrons. The molecule has 0 aliphatic carbocycles. The fourth-order valence-electron chi connectivity index (χ4n) is 3.42. The predicted octanol–water partition coefficient (Wildman–Crippen LogP) is 1.66. The Bertz CT molecular complexity index is 401. The van der Waals surface area contributed by atoms with Crippen molar-refractivity contribution in [3.8, 4) is 0 Å². The molecule has 3 aliphatic rings. The number of carbonyl (C=O) groups is 1. The summed E-state index contributed by atoms with van der Waals surface area (Å²) < 4.78 is 3.22. The van der Waals surface area contributed by atoms with Gasteiger partial charge in [-0.25, -0.2) is 0 Å². The van der Waals surface area contributed by atoms with Crippen molar-refractivity contribution in [1.82, 2.24) is 14.9 Å². The lowest BCUT2D eigenvalue weighted by Crippen LogP contribution is -2.57. The summed E-state index contributed by atoms with van der Waals surface area (Å²) in [4.78, 5) is 14.4. The molecular weight excluding hydrogens is 282 g/mol. The first-order valence-corrected chi connectivity index (χ1v) is 7.39. The molecule has 2 unspecified atom stereocenters. The van der Waals surface area contributed by atoms with Gasteiger partial charge in [-0.15, -0.1) is 12.4 Å². The smallest absolute Gasteiger partial charge is 0.209 e. The second-order valence-electron chi connectivity index (χ2n) is 5.25. The maximum absolute atomic E-state index is 11.0. The van der Waals surface area contributed by atoms with Gasteiger partial charge in [0.1, 0.15) is 0 Å². The van der Waals surface area contributed by atoms with Gasteiger partial charge in [0, 0.05) is 35.7 Å². The first-order chi connectivity index (χ1) is 8.84. The topological polar surface area (TPSA) is 44.4 Å². The number of nitrogens with one attached hydrogen (secondary N) is 2. The van der Waals surface area contributed by atoms with E-state index in [4.69, 9.17) is 0 Å². The fraction of sp³-hybridized carbons (Fsp3) is 0.615. The molecule has 4 nitrogen and oxygen atoms in total. The molecule has 2 fully saturated rings. The summed E-state index contributed by atoms with van der Waals surface area (Å²) >= 11 is 1.71. The first kappa shape index (κ1) is 14.8. The molecule has 3 aliphatic heterocycles. The molecule has 3 rings (SSSR count). The van der Waals surface area contributed by atoms with Gasteiger partial charge in [-0.05, 0) is 49.9 Å². The van der Waals surface area contributed by atoms with Crippen LogP contribution in [0.15, 0.2) is 23.3 Å². The third-order valence-corrected chi connectivity index (χ3v) is 5.13. The Balaban J connectivity index is 0.00000133. The van der Waals surface area contributed by atoms with Crippen LogP contribution in [0.25, 0.3) is 0 Å². The van der Waals surface area contributed by atoms with Crippen molar-refractivity contribution < 1.29 is 4.79 Å². The van der Waals surface area contributed by atoms with Crippen molar-refractivity contribution in [2.24, 2.45) is 5.92 Å². The van der Waals surface area contributed by atoms with E-state index in [1.54, 1.807) is 11.9 Å². The zero-order valence-corrected chi connectivity index (χ0v) is 12.4. The van der Waals surface area contributed by atoms with Crippen molar-refractivity contribution in [3.63, 3.8) is 0 Å². The second-order valence-corrected chi connectivity index (χ2v) is 6.16. The molecule has 1 amide bonds. The van der Waals surface area contributed by atoms with Gasteiger partial charge >= 0.3 is 0 Å². The summed E-state index contributed by atoms with van der Waals surface area (Å²) in [6.07, 6.45) is 10.7. The maximum atomic E-state index is 11.0. The Morgan fingerprint density at radius 3 is 3.16 bits per heavy atom. The summed E-state index contributed by atoms with van der Waals surface area (Å²) in [5, 5.41) is 3.68. The third kappa shape index (κ3) is 2.78. The highest BCUT2D eigenvalue weighted by atomic mass is 35.5. The molecule has 6 heteroatoms. The average Bonchev–Trinajstić information content (AvgIpc) is 2.83. The van der Waals surface area contributed by atoms with Gasteiger partial charge < -0.3 is 14.9 Å². The highest BCUT2D eigenvalue weighted by Gasteiger charge is 2.46. The van der Waals surface area contributed by atoms with Gasteiger partial charge in [-0.2, -0.15) is 0 Å². The van der Waals surface area contributed by atoms with E-state index in [1.807, 2.05) is 11.1 Å². The lowest BCUT2D eigenvalue weighted by Gasteiger charge is -2.43. The van der Waals surface area contributed by atoms with Crippen LogP contribution in [0.1, 0.15) is 19.3 Å². The molecule has 0 aromatic rings. The normalized spacial score (nSPS) is 33.6. The zero-order chi connectivity index (χ0) is 12.4. The van der Waals surface area contributed by atoms with Crippen LogP contribution in [0.3, 0.4) is 0 Å². The van der Waals surface area contributed by atoms with Crippen molar-refractivity contribution in [3.05, 3.63) is 23.3 Å². The number of nitrogens with zero attached hydrogens (tertiary/aromatic N) is 1. The number of likely N-dealkylation sites (tertiary alicyclic amines) is 1. The number of piperidine rings is 1. The van der Waals surface area contributed by atoms with E-state index in [-0.39, 0.29) is 17.9 Å². The summed E-state index contributed by atoms with van der Waals surface area (Å²) in [7, 11) is 0. The minimum absolute atomic E-state index is 0. The van der Waals surface area contributed by atoms with Crippen LogP contribution >= 0.6 is 24.4 Å². The van der Waals surface area contributed by atoms with E-state index >= 15 is 0 Å². The van der Waals surface area contributed by atoms with Crippen LogP contribution in [0.5, 0.6) is 0 Å². The Kier molecular flexibility index (Phi) is 4.81. The van der Waals surface area contributed by atoms with Crippen LogP contribution in [0.4, 0.5) is 0 Å². The van der Waals surface area contributed by atoms with E-state index in [1.165, 1.54) is 17.7 Å². The van der Waals surface area contributed by atoms with Crippen molar-refractivity contribution in [2.45, 2.75) is 24.8 Å². The molecule has 106 valence electrons. The largest absolute Gasteiger partial charge is 0.343 e. The molecule has 19 heavy (non-hydrogen) atoms. The Labute approximate surface area is 124 Å². The summed E-state index contributed by atoms with van der Waals surface area (Å²) in [6, 6.07) is 0. The second kappa shape index (κ2) is 6.20. The lowest BCUT2D eigenvalue weighted by atomic mass is 9.78. The number of allylic oxidation sites excluding steroid dienone is 2. The van der Waals surface area contributed by atoms with Gasteiger partial charge in [-0.3, -0.25) is 4.79 Å². The number of hydrogen-bond donors (Lipinski definition) is 2. The van der Waals surface area contributed by atoms with E-state index in [0.29, 0.717) is 5.92 Å². The SMILES string of the molecule is Cl.O=CN1CCCC2(C1)NCCC2C1=CC=CNS1. The van der Waals surface area contributed by atoms with Crippen LogP contribution in [0, 0.1) is 5.92 Å². The molecule has 2 N–H and O–H groups in total. The Morgan fingerprint density at radius 1 is 1.53 bits per heavy atom. The van der Waals surface area contributed by atoms with Crippen molar-refractivity contribution in [1.29, 1.82) is 0 Å². The van der Waals surface area contributed by atoms with Crippen LogP contribution in [-0.4, -0.2) is 36.5 Å². The van der Waals surface area contributed by atoms with Gasteiger partial charge in [0.15, 0.2) is 0 Å². The van der Waals surface area contributed by atoms with E-state index in [9.17, 15) is 4.79 Å². The molecule has 0 aromatic carbocycles. The van der Waals surface area contributed by atoms with Crippen molar-refractivity contribution >= 4 is 30.8 Å². The summed E-state index contributed by atoms with van der Waals surface area (Å²) in [5.74, 6) is 0.530. The van der Waals surface area contributed by atoms with Crippen LogP contribution < -0.4 is 10.0 Å². The molecule has 0 bridgehead atoms. The minimum atomic E-state index is 0. The lowest BCUT2D eigenvalue weighted by molar-refractivity contribution is -0.120. The monoisotopic (exact) mass is 301 g/mol. The van der Waals surface area contributed by atoms with Crippen molar-refractivity contribution in [2.75, 3.05) is 19.6 Å². The number of hydrogen-bond acceptors (Lipinski definition) is 4. The number of rotatable bonds is 2. The number of halogens is 1. The third-order valence-electron chi connectivity index (χ3n) is 4.22. The summed E-state index contributed by atoms with van der Waals surface area (Å²) in [5.41, 5.74) is 0.102. The van der Waals surface area contributed by atoms with Gasteiger partial charge in [0.2, 0.25) is 6.41 Å². The molecule has 2 saturated heterocycles. The molecule has 0 aromatic heterocycles. The molecule has 1 spiro atoms. The Morgan fingerprint density at radius 2 is 2.42 bits per heavy atom. The molecule has 3 heterocycles. The first-order valence-electron chi connectivity index (χ1n) is 6.57. The van der Waals surface area contributed by atoms with E-state index in [2.05, 4.69) is 22.2 Å². The highest BCUT2D eigenvalue weighted by molar-refractivity contribution is 8.01. The number of carbonyl (C=O) groups excluding carboxylic acids is 1. The molecule has 2 atom stereocenters. The van der Waals surface area contributed by atoms with Gasteiger partial charge in [0.05, 0.1) is 0 Å². The van der Waals surface area contributed by atoms with Gasteiger partial charge in [-0.1, -0.05) is 0 Å². The van der Waals surface area contributed by atoms with E-state index in [0.717, 1.165) is 32.5 Å². The number of amides is 1. The average molecular weight is 302 g/mol. The van der Waals surface area contributed by atoms with Gasteiger partial charge in [0.25, 0.3) is 0 Å². The van der Waals surface area contributed by atoms with Crippen LogP contribution in [0.2, 0.25) is 0 Å². The molecule has 0 saturated carbocycles. The summed E-state index contributed by atoms with van der Waals surface area (Å²) in [6.45, 7) is 2.81. The predicted molar refractivity (Wildman–Crippen MR) is 80.9 cm³/mol. The Hall–Kier alpha value is -0.650. The minimum Gasteiger partial charge on any atom is -0.343 e. The highest BCUT2D eigenvalue weighted by Crippen LogP contribution is 2.42. The van der Waals surface area contributed by atoms with Crippen LogP contribution in [-0.2, 0) is 4.79 Å². The maximum Gasteiger partial charge on any atom is 0.209 e. The quantitative estimate of drug-likeness (QED) is 0.601.